The lowest BCUT2D eigenvalue weighted by molar-refractivity contribution is 0.768. The molecular weight excluding hydrogens is 150 g/mol. The maximum Gasteiger partial charge on any atom is 0.0739 e. The monoisotopic (exact) mass is 158 g/mol. The quantitative estimate of drug-likeness (QED) is 0.626. The Morgan fingerprint density at radius 3 is 3.00 bits per heavy atom. The van der Waals surface area contributed by atoms with Crippen molar-refractivity contribution < 1.29 is 0 Å². The highest BCUT2D eigenvalue weighted by atomic mass is 15.2. The highest BCUT2D eigenvalue weighted by molar-refractivity contribution is 5.55. The van der Waals surface area contributed by atoms with Gasteiger partial charge >= 0.3 is 0 Å². The van der Waals surface area contributed by atoms with E-state index in [-0.39, 0.29) is 0 Å². The second-order valence-corrected chi connectivity index (χ2v) is 2.54. The van der Waals surface area contributed by atoms with Crippen molar-refractivity contribution >= 4 is 0 Å². The van der Waals surface area contributed by atoms with E-state index in [1.807, 2.05) is 19.3 Å². The van der Waals surface area contributed by atoms with Gasteiger partial charge in [-0.25, -0.2) is 0 Å². The van der Waals surface area contributed by atoms with Crippen LogP contribution in [0.4, 0.5) is 0 Å². The van der Waals surface area contributed by atoms with E-state index in [1.54, 1.807) is 23.1 Å². The summed E-state index contributed by atoms with van der Waals surface area (Å²) in [6.45, 7) is 0. The molecule has 0 saturated heterocycles. The smallest absolute Gasteiger partial charge is 0.0739 e. The lowest BCUT2D eigenvalue weighted by Gasteiger charge is -1.91. The first-order chi connectivity index (χ1) is 5.86. The Morgan fingerprint density at radius 2 is 2.42 bits per heavy atom. The van der Waals surface area contributed by atoms with Crippen molar-refractivity contribution in [3.8, 4) is 11.3 Å². The van der Waals surface area contributed by atoms with Gasteiger partial charge in [-0.15, -0.1) is 0 Å². The fraction of sp³-hybridized carbons (Fsp3) is 0.111. The van der Waals surface area contributed by atoms with E-state index in [4.69, 9.17) is 0 Å². The van der Waals surface area contributed by atoms with Crippen LogP contribution in [0.2, 0.25) is 0 Å². The fourth-order valence-electron chi connectivity index (χ4n) is 1.04. The zero-order valence-electron chi connectivity index (χ0n) is 6.73. The summed E-state index contributed by atoms with van der Waals surface area (Å²) in [6.07, 6.45) is 5.44. The Bertz CT molecular complexity index is 364. The van der Waals surface area contributed by atoms with Crippen molar-refractivity contribution in [2.75, 3.05) is 0 Å². The molecule has 0 aliphatic rings. The summed E-state index contributed by atoms with van der Waals surface area (Å²) in [5.74, 6) is 0. The summed E-state index contributed by atoms with van der Waals surface area (Å²) < 4.78 is 1.75. The highest BCUT2D eigenvalue weighted by Gasteiger charge is 1.98. The van der Waals surface area contributed by atoms with Crippen LogP contribution >= 0.6 is 0 Å². The van der Waals surface area contributed by atoms with Crippen LogP contribution in [0.3, 0.4) is 0 Å². The lowest BCUT2D eigenvalue weighted by atomic mass is 10.2. The van der Waals surface area contributed by atoms with Gasteiger partial charge in [-0.1, -0.05) is 0 Å². The Morgan fingerprint density at radius 1 is 1.50 bits per heavy atom. The number of pyridine rings is 1. The van der Waals surface area contributed by atoms with E-state index in [2.05, 4.69) is 16.1 Å². The van der Waals surface area contributed by atoms with Crippen molar-refractivity contribution in [1.82, 2.24) is 14.8 Å². The third-order valence-corrected chi connectivity index (χ3v) is 1.61. The van der Waals surface area contributed by atoms with Gasteiger partial charge in [0.2, 0.25) is 0 Å². The minimum atomic E-state index is 0.908. The van der Waals surface area contributed by atoms with Crippen LogP contribution in [-0.2, 0) is 7.05 Å². The molecule has 2 heterocycles. The molecule has 0 amide bonds. The van der Waals surface area contributed by atoms with E-state index in [0.717, 1.165) is 11.3 Å². The molecule has 0 aliphatic heterocycles. The van der Waals surface area contributed by atoms with Crippen LogP contribution in [0.1, 0.15) is 0 Å². The predicted octanol–water partition coefficient (Wildman–Crippen LogP) is 1.28. The molecule has 0 aromatic carbocycles. The Hall–Kier alpha value is -1.64. The molecule has 0 fully saturated rings. The first-order valence-electron chi connectivity index (χ1n) is 3.67. The molecule has 0 bridgehead atoms. The van der Waals surface area contributed by atoms with Crippen LogP contribution in [0.25, 0.3) is 11.3 Å². The summed E-state index contributed by atoms with van der Waals surface area (Å²) >= 11 is 0. The van der Waals surface area contributed by atoms with Crippen molar-refractivity contribution in [1.29, 1.82) is 0 Å². The molecule has 0 saturated carbocycles. The summed E-state index contributed by atoms with van der Waals surface area (Å²) in [5, 5.41) is 4.06. The number of nitrogens with zero attached hydrogens (tertiary/aromatic N) is 3. The molecule has 59 valence electrons. The third kappa shape index (κ3) is 1.21. The van der Waals surface area contributed by atoms with Gasteiger partial charge in [-0.3, -0.25) is 9.67 Å². The molecule has 3 nitrogen and oxygen atoms in total. The average molecular weight is 158 g/mol. The maximum atomic E-state index is 4.18. The number of hydrogen-bond acceptors (Lipinski definition) is 2. The van der Waals surface area contributed by atoms with E-state index in [1.165, 1.54) is 0 Å². The van der Waals surface area contributed by atoms with Crippen molar-refractivity contribution in [3.63, 3.8) is 0 Å². The van der Waals surface area contributed by atoms with E-state index in [0.29, 0.717) is 0 Å². The molecular formula is C9H8N3. The number of rotatable bonds is 1. The van der Waals surface area contributed by atoms with Gasteiger partial charge < -0.3 is 0 Å². The number of aromatic nitrogens is 3. The van der Waals surface area contributed by atoms with Crippen molar-refractivity contribution in [2.45, 2.75) is 0 Å². The molecule has 0 N–H and O–H groups in total. The Labute approximate surface area is 70.7 Å². The van der Waals surface area contributed by atoms with Gasteiger partial charge in [0.1, 0.15) is 0 Å². The molecule has 2 aromatic rings. The largest absolute Gasteiger partial charge is 0.275 e. The van der Waals surface area contributed by atoms with Gasteiger partial charge in [-0.05, 0) is 18.2 Å². The topological polar surface area (TPSA) is 30.7 Å². The molecule has 3 heteroatoms. The first-order valence-corrected chi connectivity index (χ1v) is 3.67. The normalized spacial score (nSPS) is 10.1. The maximum absolute atomic E-state index is 4.18. The summed E-state index contributed by atoms with van der Waals surface area (Å²) in [7, 11) is 1.89. The summed E-state index contributed by atoms with van der Waals surface area (Å²) in [5.41, 5.74) is 1.93. The Kier molecular flexibility index (Phi) is 1.63. The first kappa shape index (κ1) is 7.03. The molecule has 12 heavy (non-hydrogen) atoms. The predicted molar refractivity (Wildman–Crippen MR) is 45.3 cm³/mol. The van der Waals surface area contributed by atoms with Crippen LogP contribution in [0, 0.1) is 6.07 Å². The van der Waals surface area contributed by atoms with Crippen LogP contribution in [0.15, 0.2) is 30.7 Å². The molecule has 0 aliphatic carbocycles. The van der Waals surface area contributed by atoms with Crippen LogP contribution in [-0.4, -0.2) is 14.8 Å². The molecule has 1 radical (unpaired) electrons. The summed E-state index contributed by atoms with van der Waals surface area (Å²) in [4.78, 5) is 4.18. The van der Waals surface area contributed by atoms with Gasteiger partial charge in [0, 0.05) is 25.0 Å². The van der Waals surface area contributed by atoms with Gasteiger partial charge in [-0.2, -0.15) is 5.10 Å². The van der Waals surface area contributed by atoms with Crippen molar-refractivity contribution in [2.24, 2.45) is 7.05 Å². The zero-order valence-corrected chi connectivity index (χ0v) is 6.73. The van der Waals surface area contributed by atoms with Gasteiger partial charge in [0.05, 0.1) is 11.9 Å². The molecule has 2 rings (SSSR count). The average Bonchev–Trinajstić information content (AvgIpc) is 2.54. The van der Waals surface area contributed by atoms with Crippen LogP contribution < -0.4 is 0 Å². The fourth-order valence-corrected chi connectivity index (χ4v) is 1.04. The van der Waals surface area contributed by atoms with Gasteiger partial charge in [0.25, 0.3) is 0 Å². The Balaban J connectivity index is 2.45. The summed E-state index contributed by atoms with van der Waals surface area (Å²) in [6, 6.07) is 6.59. The second kappa shape index (κ2) is 2.77. The zero-order chi connectivity index (χ0) is 8.39. The van der Waals surface area contributed by atoms with Crippen molar-refractivity contribution in [3.05, 3.63) is 36.8 Å². The lowest BCUT2D eigenvalue weighted by Crippen LogP contribution is -1.84. The molecule has 0 spiro atoms. The second-order valence-electron chi connectivity index (χ2n) is 2.54. The highest BCUT2D eigenvalue weighted by Crippen LogP contribution is 2.13. The van der Waals surface area contributed by atoms with E-state index >= 15 is 0 Å². The molecule has 0 unspecified atom stereocenters. The third-order valence-electron chi connectivity index (χ3n) is 1.61. The number of aryl methyl sites for hydroxylation is 1. The van der Waals surface area contributed by atoms with Gasteiger partial charge in [0.15, 0.2) is 0 Å². The number of hydrogen-bond donors (Lipinski definition) is 0. The minimum absolute atomic E-state index is 0.908. The standard InChI is InChI=1S/C9H8N3/c1-12-7-8(6-11-12)9-4-2-3-5-10-9/h3-7H,1H3. The molecule has 0 atom stereocenters. The minimum Gasteiger partial charge on any atom is -0.275 e. The van der Waals surface area contributed by atoms with Crippen LogP contribution in [0.5, 0.6) is 0 Å². The molecule has 2 aromatic heterocycles. The SMILES string of the molecule is Cn1cc(-c2c[c]ccn2)cn1. The van der Waals surface area contributed by atoms with E-state index in [9.17, 15) is 0 Å². The van der Waals surface area contributed by atoms with E-state index < -0.39 is 0 Å².